The zero-order valence-corrected chi connectivity index (χ0v) is 10.7. The lowest BCUT2D eigenvalue weighted by Crippen LogP contribution is -2.41. The van der Waals surface area contributed by atoms with E-state index < -0.39 is 17.2 Å². The van der Waals surface area contributed by atoms with Crippen molar-refractivity contribution >= 4 is 0 Å². The van der Waals surface area contributed by atoms with Crippen molar-refractivity contribution < 1.29 is 18.2 Å². The summed E-state index contributed by atoms with van der Waals surface area (Å²) in [7, 11) is 1.84. The molecule has 19 heavy (non-hydrogen) atoms. The Balaban J connectivity index is 1.98. The molecule has 0 bridgehead atoms. The number of hydrogen-bond acceptors (Lipinski definition) is 2. The molecule has 0 radical (unpaired) electrons. The smallest absolute Gasteiger partial charge is 0.306 e. The lowest BCUT2D eigenvalue weighted by Gasteiger charge is -2.14. The second kappa shape index (κ2) is 4.09. The van der Waals surface area contributed by atoms with Gasteiger partial charge < -0.3 is 4.74 Å². The fraction of sp³-hybridized carbons (Fsp3) is 0.385. The van der Waals surface area contributed by atoms with Crippen molar-refractivity contribution in [3.05, 3.63) is 48.1 Å². The maximum Gasteiger partial charge on any atom is 0.306 e. The van der Waals surface area contributed by atoms with Crippen LogP contribution in [0.2, 0.25) is 0 Å². The molecular weight excluding hydrogens is 252 g/mol. The Morgan fingerprint density at radius 2 is 2.21 bits per heavy atom. The van der Waals surface area contributed by atoms with Gasteiger partial charge in [-0.3, -0.25) is 0 Å². The molecule has 0 N–H and O–H groups in total. The van der Waals surface area contributed by atoms with E-state index in [0.717, 1.165) is 6.07 Å². The number of benzene rings is 1. The molecule has 1 saturated heterocycles. The third-order valence-corrected chi connectivity index (χ3v) is 3.61. The summed E-state index contributed by atoms with van der Waals surface area (Å²) < 4.78 is 36.2. The summed E-state index contributed by atoms with van der Waals surface area (Å²) in [6.45, 7) is 2.31. The highest BCUT2D eigenvalue weighted by molar-refractivity contribution is 5.30. The zero-order chi connectivity index (χ0) is 13.6. The van der Waals surface area contributed by atoms with Crippen LogP contribution in [0.4, 0.5) is 8.78 Å². The molecule has 3 rings (SSSR count). The van der Waals surface area contributed by atoms with Crippen molar-refractivity contribution in [1.82, 2.24) is 9.67 Å². The molecule has 0 saturated carbocycles. The monoisotopic (exact) mass is 266 g/mol. The van der Waals surface area contributed by atoms with Crippen LogP contribution >= 0.6 is 0 Å². The highest BCUT2D eigenvalue weighted by atomic mass is 19.1. The topological polar surface area (TPSA) is 34.2 Å². The highest BCUT2D eigenvalue weighted by Crippen LogP contribution is 2.48. The van der Waals surface area contributed by atoms with Crippen LogP contribution in [0.25, 0.3) is 0 Å². The molecule has 0 spiro atoms. The van der Waals surface area contributed by atoms with E-state index in [1.165, 1.54) is 12.1 Å². The Hall–Kier alpha value is -1.82. The van der Waals surface area contributed by atoms with Crippen LogP contribution < -0.4 is 4.68 Å². The average molecular weight is 266 g/mol. The normalized spacial score (nSPS) is 25.6. The molecule has 1 aliphatic rings. The quantitative estimate of drug-likeness (QED) is 0.620. The van der Waals surface area contributed by atoms with Crippen molar-refractivity contribution in [3.63, 3.8) is 0 Å². The van der Waals surface area contributed by atoms with E-state index in [0.29, 0.717) is 12.1 Å². The number of aryl methyl sites for hydroxylation is 1. The Bertz CT molecular complexity index is 628. The second-order valence-electron chi connectivity index (χ2n) is 4.82. The predicted molar refractivity (Wildman–Crippen MR) is 62.0 cm³/mol. The van der Waals surface area contributed by atoms with E-state index in [-0.39, 0.29) is 6.10 Å². The summed E-state index contributed by atoms with van der Waals surface area (Å²) in [4.78, 5) is 4.01. The Labute approximate surface area is 109 Å². The summed E-state index contributed by atoms with van der Waals surface area (Å²) in [6, 6.07) is 3.59. The molecule has 2 atom stereocenters. The number of ether oxygens (including phenoxy) is 1. The van der Waals surface area contributed by atoms with Gasteiger partial charge in [0.1, 0.15) is 24.3 Å². The van der Waals surface area contributed by atoms with Crippen molar-refractivity contribution in [2.45, 2.75) is 25.2 Å². The number of nitrogens with zero attached hydrogens (tertiary/aromatic N) is 3. The minimum absolute atomic E-state index is 0.116. The molecule has 2 aromatic rings. The second-order valence-corrected chi connectivity index (χ2v) is 4.82. The molecule has 2 heterocycles. The van der Waals surface area contributed by atoms with Crippen molar-refractivity contribution in [2.24, 2.45) is 7.05 Å². The first-order chi connectivity index (χ1) is 9.03. The van der Waals surface area contributed by atoms with Crippen molar-refractivity contribution in [2.75, 3.05) is 0 Å². The molecule has 0 amide bonds. The van der Waals surface area contributed by atoms with Crippen LogP contribution in [0, 0.1) is 11.6 Å². The molecule has 0 aliphatic carbocycles. The summed E-state index contributed by atoms with van der Waals surface area (Å²) >= 11 is 0. The molecule has 1 aliphatic heterocycles. The Morgan fingerprint density at radius 1 is 1.47 bits per heavy atom. The first kappa shape index (κ1) is 12.2. The van der Waals surface area contributed by atoms with Gasteiger partial charge in [-0.25, -0.2) is 8.78 Å². The standard InChI is InChI=1S/C13H14F2N3O/c1-9-13(19-9,6-18-8-16-7-17(18)2)11-4-3-10(14)5-12(11)15/h3-5,7-9H,6H2,1-2H3/q+1. The van der Waals surface area contributed by atoms with Gasteiger partial charge in [0.15, 0.2) is 0 Å². The molecule has 4 nitrogen and oxygen atoms in total. The van der Waals surface area contributed by atoms with Crippen LogP contribution in [0.1, 0.15) is 12.5 Å². The summed E-state index contributed by atoms with van der Waals surface area (Å²) in [5, 5.41) is 0. The lowest BCUT2D eigenvalue weighted by molar-refractivity contribution is -0.755. The molecule has 2 unspecified atom stereocenters. The SMILES string of the molecule is CC1OC1(Cn1cnc[n+]1C)c1ccc(F)cc1F. The molecule has 6 heteroatoms. The maximum atomic E-state index is 13.9. The number of epoxide rings is 1. The molecule has 100 valence electrons. The van der Waals surface area contributed by atoms with E-state index in [1.807, 2.05) is 18.7 Å². The van der Waals surface area contributed by atoms with Gasteiger partial charge in [0.05, 0.1) is 12.6 Å². The van der Waals surface area contributed by atoms with Gasteiger partial charge in [-0.2, -0.15) is 9.36 Å². The first-order valence-corrected chi connectivity index (χ1v) is 6.02. The lowest BCUT2D eigenvalue weighted by atomic mass is 9.95. The largest absolute Gasteiger partial charge is 0.359 e. The zero-order valence-electron chi connectivity index (χ0n) is 10.7. The van der Waals surface area contributed by atoms with Crippen LogP contribution in [-0.4, -0.2) is 15.8 Å². The molecule has 1 aromatic carbocycles. The Morgan fingerprint density at radius 3 is 2.74 bits per heavy atom. The number of rotatable bonds is 3. The van der Waals surface area contributed by atoms with E-state index in [1.54, 1.807) is 17.3 Å². The number of aromatic nitrogens is 3. The van der Waals surface area contributed by atoms with Gasteiger partial charge in [0.25, 0.3) is 0 Å². The first-order valence-electron chi connectivity index (χ1n) is 6.02. The van der Waals surface area contributed by atoms with Gasteiger partial charge in [-0.1, -0.05) is 6.07 Å². The summed E-state index contributed by atoms with van der Waals surface area (Å²) in [6.07, 6.45) is 3.19. The highest BCUT2D eigenvalue weighted by Gasteiger charge is 2.57. The van der Waals surface area contributed by atoms with Gasteiger partial charge in [-0.05, 0) is 18.0 Å². The molecular formula is C13H14F2N3O+. The number of halogens is 2. The maximum absolute atomic E-state index is 13.9. The number of hydrogen-bond donors (Lipinski definition) is 0. The average Bonchev–Trinajstić information content (AvgIpc) is 2.80. The van der Waals surface area contributed by atoms with Crippen molar-refractivity contribution in [1.29, 1.82) is 0 Å². The van der Waals surface area contributed by atoms with Crippen LogP contribution in [0.15, 0.2) is 30.9 Å². The minimum atomic E-state index is -0.740. The molecule has 1 fully saturated rings. The molecule has 1 aromatic heterocycles. The van der Waals surface area contributed by atoms with Crippen LogP contribution in [0.5, 0.6) is 0 Å². The van der Waals surface area contributed by atoms with E-state index in [2.05, 4.69) is 4.98 Å². The van der Waals surface area contributed by atoms with E-state index >= 15 is 0 Å². The predicted octanol–water partition coefficient (Wildman–Crippen LogP) is 1.30. The van der Waals surface area contributed by atoms with Gasteiger partial charge in [0, 0.05) is 11.6 Å². The van der Waals surface area contributed by atoms with Gasteiger partial charge >= 0.3 is 6.33 Å². The van der Waals surface area contributed by atoms with Crippen LogP contribution in [-0.2, 0) is 23.9 Å². The summed E-state index contributed by atoms with van der Waals surface area (Å²) in [5.74, 6) is -1.16. The third kappa shape index (κ3) is 1.92. The van der Waals surface area contributed by atoms with Crippen molar-refractivity contribution in [3.8, 4) is 0 Å². The minimum Gasteiger partial charge on any atom is -0.359 e. The summed E-state index contributed by atoms with van der Waals surface area (Å²) in [5.41, 5.74) is -0.355. The fourth-order valence-electron chi connectivity index (χ4n) is 2.39. The van der Waals surface area contributed by atoms with E-state index in [4.69, 9.17) is 4.74 Å². The van der Waals surface area contributed by atoms with Crippen LogP contribution in [0.3, 0.4) is 0 Å². The fourth-order valence-corrected chi connectivity index (χ4v) is 2.39. The Kier molecular flexibility index (Phi) is 2.63. The van der Waals surface area contributed by atoms with Gasteiger partial charge in [0.2, 0.25) is 6.33 Å². The van der Waals surface area contributed by atoms with E-state index in [9.17, 15) is 8.78 Å². The van der Waals surface area contributed by atoms with Gasteiger partial charge in [-0.15, -0.1) is 0 Å². The third-order valence-electron chi connectivity index (χ3n) is 3.61.